The molecule has 96 valence electrons. The Morgan fingerprint density at radius 2 is 2.06 bits per heavy atom. The van der Waals surface area contributed by atoms with Crippen LogP contribution in [0.2, 0.25) is 0 Å². The quantitative estimate of drug-likeness (QED) is 0.689. The average Bonchev–Trinajstić information content (AvgIpc) is 2.15. The molecule has 1 unspecified atom stereocenters. The van der Waals surface area contributed by atoms with Crippen LogP contribution in [0.25, 0.3) is 0 Å². The first kappa shape index (κ1) is 15.8. The SMILES string of the molecule is CSCC(C)NC(=O)CCC(C)(C)CCN. The molecule has 0 spiro atoms. The van der Waals surface area contributed by atoms with E-state index >= 15 is 0 Å². The van der Waals surface area contributed by atoms with E-state index in [4.69, 9.17) is 5.73 Å². The second kappa shape index (κ2) is 7.96. The number of hydrogen-bond donors (Lipinski definition) is 2. The first-order chi connectivity index (χ1) is 7.41. The summed E-state index contributed by atoms with van der Waals surface area (Å²) in [6.45, 7) is 7.06. The molecule has 0 aromatic rings. The lowest BCUT2D eigenvalue weighted by molar-refractivity contribution is -0.122. The summed E-state index contributed by atoms with van der Waals surface area (Å²) in [6.07, 6.45) is 4.53. The number of hydrogen-bond acceptors (Lipinski definition) is 3. The van der Waals surface area contributed by atoms with Gasteiger partial charge in [0.05, 0.1) is 0 Å². The Bertz CT molecular complexity index is 207. The van der Waals surface area contributed by atoms with E-state index in [9.17, 15) is 4.79 Å². The summed E-state index contributed by atoms with van der Waals surface area (Å²) in [4.78, 5) is 11.6. The number of carbonyl (C=O) groups excluding carboxylic acids is 1. The Kier molecular flexibility index (Phi) is 7.85. The summed E-state index contributed by atoms with van der Waals surface area (Å²) in [6, 6.07) is 0.264. The second-order valence-electron chi connectivity index (χ2n) is 5.13. The van der Waals surface area contributed by atoms with Gasteiger partial charge in [0.25, 0.3) is 0 Å². The van der Waals surface area contributed by atoms with Gasteiger partial charge in [-0.25, -0.2) is 0 Å². The fraction of sp³-hybridized carbons (Fsp3) is 0.917. The van der Waals surface area contributed by atoms with E-state index in [-0.39, 0.29) is 17.4 Å². The maximum absolute atomic E-state index is 11.6. The molecule has 1 amide bonds. The lowest BCUT2D eigenvalue weighted by Crippen LogP contribution is -2.34. The van der Waals surface area contributed by atoms with Crippen molar-refractivity contribution in [1.82, 2.24) is 5.32 Å². The molecule has 0 aliphatic heterocycles. The molecule has 0 aromatic heterocycles. The van der Waals surface area contributed by atoms with Gasteiger partial charge in [0.2, 0.25) is 5.91 Å². The van der Waals surface area contributed by atoms with Crippen LogP contribution in [0.4, 0.5) is 0 Å². The summed E-state index contributed by atoms with van der Waals surface area (Å²) in [5.74, 6) is 1.13. The first-order valence-corrected chi connectivity index (χ1v) is 7.29. The normalized spacial score (nSPS) is 13.6. The highest BCUT2D eigenvalue weighted by molar-refractivity contribution is 7.98. The summed E-state index contributed by atoms with van der Waals surface area (Å²) < 4.78 is 0. The average molecular weight is 246 g/mol. The van der Waals surface area contributed by atoms with Gasteiger partial charge < -0.3 is 11.1 Å². The highest BCUT2D eigenvalue weighted by Gasteiger charge is 2.18. The maximum atomic E-state index is 11.6. The summed E-state index contributed by atoms with van der Waals surface area (Å²) in [7, 11) is 0. The summed E-state index contributed by atoms with van der Waals surface area (Å²) in [5, 5.41) is 3.00. The predicted molar refractivity (Wildman–Crippen MR) is 72.7 cm³/mol. The molecule has 16 heavy (non-hydrogen) atoms. The molecule has 3 nitrogen and oxygen atoms in total. The fourth-order valence-electron chi connectivity index (χ4n) is 1.61. The van der Waals surface area contributed by atoms with Crippen molar-refractivity contribution in [3.8, 4) is 0 Å². The molecule has 0 radical (unpaired) electrons. The van der Waals surface area contributed by atoms with Gasteiger partial charge in [-0.05, 0) is 38.0 Å². The standard InChI is InChI=1S/C12H26N2OS/c1-10(9-16-4)14-11(15)5-6-12(2,3)7-8-13/h10H,5-9,13H2,1-4H3,(H,14,15). The zero-order chi connectivity index (χ0) is 12.6. The smallest absolute Gasteiger partial charge is 0.220 e. The lowest BCUT2D eigenvalue weighted by atomic mass is 9.84. The van der Waals surface area contributed by atoms with Crippen molar-refractivity contribution in [2.45, 2.75) is 46.1 Å². The molecule has 0 rings (SSSR count). The molecular weight excluding hydrogens is 220 g/mol. The third-order valence-corrected chi connectivity index (χ3v) is 3.51. The van der Waals surface area contributed by atoms with Crippen molar-refractivity contribution >= 4 is 17.7 Å². The zero-order valence-corrected chi connectivity index (χ0v) is 11.8. The van der Waals surface area contributed by atoms with E-state index in [0.717, 1.165) is 18.6 Å². The fourth-order valence-corrected chi connectivity index (χ4v) is 2.19. The van der Waals surface area contributed by atoms with Crippen molar-refractivity contribution in [2.24, 2.45) is 11.1 Å². The molecule has 0 saturated carbocycles. The van der Waals surface area contributed by atoms with Crippen LogP contribution in [0.5, 0.6) is 0 Å². The van der Waals surface area contributed by atoms with Crippen LogP contribution in [0, 0.1) is 5.41 Å². The Hall–Kier alpha value is -0.220. The summed E-state index contributed by atoms with van der Waals surface area (Å²) in [5.41, 5.74) is 5.71. The number of amides is 1. The van der Waals surface area contributed by atoms with Gasteiger partial charge in [-0.15, -0.1) is 0 Å². The van der Waals surface area contributed by atoms with Crippen LogP contribution < -0.4 is 11.1 Å². The minimum atomic E-state index is 0.159. The Labute approximate surface area is 104 Å². The van der Waals surface area contributed by atoms with Gasteiger partial charge in [-0.2, -0.15) is 11.8 Å². The number of carbonyl (C=O) groups is 1. The van der Waals surface area contributed by atoms with Gasteiger partial charge in [0, 0.05) is 18.2 Å². The number of nitrogens with one attached hydrogen (secondary N) is 1. The molecular formula is C12H26N2OS. The largest absolute Gasteiger partial charge is 0.353 e. The molecule has 0 aromatic carbocycles. The summed E-state index contributed by atoms with van der Waals surface area (Å²) >= 11 is 1.75. The molecule has 0 saturated heterocycles. The van der Waals surface area contributed by atoms with E-state index in [1.165, 1.54) is 0 Å². The third-order valence-electron chi connectivity index (χ3n) is 2.67. The number of rotatable bonds is 8. The first-order valence-electron chi connectivity index (χ1n) is 5.89. The highest BCUT2D eigenvalue weighted by atomic mass is 32.2. The van der Waals surface area contributed by atoms with Gasteiger partial charge in [0.1, 0.15) is 0 Å². The molecule has 0 heterocycles. The van der Waals surface area contributed by atoms with Crippen LogP contribution in [0.15, 0.2) is 0 Å². The van der Waals surface area contributed by atoms with E-state index in [0.29, 0.717) is 13.0 Å². The molecule has 0 bridgehead atoms. The van der Waals surface area contributed by atoms with Crippen molar-refractivity contribution in [2.75, 3.05) is 18.6 Å². The Morgan fingerprint density at radius 3 is 2.56 bits per heavy atom. The minimum Gasteiger partial charge on any atom is -0.353 e. The Balaban J connectivity index is 3.80. The predicted octanol–water partition coefficient (Wildman–Crippen LogP) is 2.01. The van der Waals surface area contributed by atoms with Crippen molar-refractivity contribution < 1.29 is 4.79 Å². The molecule has 3 N–H and O–H groups in total. The monoisotopic (exact) mass is 246 g/mol. The topological polar surface area (TPSA) is 55.1 Å². The van der Waals surface area contributed by atoms with E-state index in [1.54, 1.807) is 11.8 Å². The Morgan fingerprint density at radius 1 is 1.44 bits per heavy atom. The zero-order valence-electron chi connectivity index (χ0n) is 11.0. The molecule has 4 heteroatoms. The number of nitrogens with two attached hydrogens (primary N) is 1. The van der Waals surface area contributed by atoms with Crippen LogP contribution in [0.1, 0.15) is 40.0 Å². The molecule has 0 aliphatic carbocycles. The second-order valence-corrected chi connectivity index (χ2v) is 6.04. The highest BCUT2D eigenvalue weighted by Crippen LogP contribution is 2.25. The maximum Gasteiger partial charge on any atom is 0.220 e. The van der Waals surface area contributed by atoms with Crippen LogP contribution in [-0.4, -0.2) is 30.5 Å². The van der Waals surface area contributed by atoms with Crippen LogP contribution in [0.3, 0.4) is 0 Å². The van der Waals surface area contributed by atoms with E-state index in [1.807, 2.05) is 13.2 Å². The number of thioether (sulfide) groups is 1. The van der Waals surface area contributed by atoms with Gasteiger partial charge in [-0.3, -0.25) is 4.79 Å². The lowest BCUT2D eigenvalue weighted by Gasteiger charge is -2.23. The van der Waals surface area contributed by atoms with Gasteiger partial charge in [0.15, 0.2) is 0 Å². The van der Waals surface area contributed by atoms with Crippen molar-refractivity contribution in [1.29, 1.82) is 0 Å². The van der Waals surface area contributed by atoms with Crippen molar-refractivity contribution in [3.05, 3.63) is 0 Å². The van der Waals surface area contributed by atoms with E-state index < -0.39 is 0 Å². The van der Waals surface area contributed by atoms with Crippen molar-refractivity contribution in [3.63, 3.8) is 0 Å². The van der Waals surface area contributed by atoms with Crippen LogP contribution in [-0.2, 0) is 4.79 Å². The van der Waals surface area contributed by atoms with Gasteiger partial charge >= 0.3 is 0 Å². The van der Waals surface area contributed by atoms with Gasteiger partial charge in [-0.1, -0.05) is 13.8 Å². The molecule has 0 aliphatic rings. The molecule has 0 fully saturated rings. The third kappa shape index (κ3) is 7.99. The minimum absolute atomic E-state index is 0.159. The molecule has 1 atom stereocenters. The van der Waals surface area contributed by atoms with E-state index in [2.05, 4.69) is 19.2 Å². The van der Waals surface area contributed by atoms with Crippen LogP contribution >= 0.6 is 11.8 Å².